The van der Waals surface area contributed by atoms with Crippen molar-refractivity contribution >= 4 is 29.3 Å². The van der Waals surface area contributed by atoms with Crippen LogP contribution in [0.3, 0.4) is 0 Å². The lowest BCUT2D eigenvalue weighted by molar-refractivity contribution is -0.154. The molecule has 1 N–H and O–H groups in total. The summed E-state index contributed by atoms with van der Waals surface area (Å²) in [6, 6.07) is 10.1. The van der Waals surface area contributed by atoms with Crippen LogP contribution in [0.2, 0.25) is 0 Å². The summed E-state index contributed by atoms with van der Waals surface area (Å²) in [4.78, 5) is 62.5. The van der Waals surface area contributed by atoms with E-state index in [4.69, 9.17) is 4.98 Å². The SMILES string of the molecule is CCCCN1C(=O)NC(=O)[C@]2(Cc3c(nc4c(C)cccn4c3=O)N3CCc4ccccc4[C@@H]32)C1=O. The Hall–Kier alpha value is -4.01. The van der Waals surface area contributed by atoms with Gasteiger partial charge in [0.25, 0.3) is 5.56 Å². The highest BCUT2D eigenvalue weighted by Crippen LogP contribution is 2.52. The molecule has 184 valence electrons. The summed E-state index contributed by atoms with van der Waals surface area (Å²) in [7, 11) is 0. The number of urea groups is 1. The number of amides is 4. The van der Waals surface area contributed by atoms with E-state index in [1.807, 2.05) is 49.1 Å². The number of pyridine rings is 1. The number of fused-ring (bicyclic) bond motifs is 7. The maximum absolute atomic E-state index is 14.2. The summed E-state index contributed by atoms with van der Waals surface area (Å²) in [5.41, 5.74) is 1.67. The number of imide groups is 2. The van der Waals surface area contributed by atoms with Crippen molar-refractivity contribution in [2.45, 2.75) is 45.6 Å². The number of aryl methyl sites for hydroxylation is 1. The molecule has 0 bridgehead atoms. The normalized spacial score (nSPS) is 22.9. The van der Waals surface area contributed by atoms with Gasteiger partial charge in [0.15, 0.2) is 5.41 Å². The van der Waals surface area contributed by atoms with Gasteiger partial charge in [-0.3, -0.25) is 29.0 Å². The van der Waals surface area contributed by atoms with Gasteiger partial charge in [-0.15, -0.1) is 0 Å². The van der Waals surface area contributed by atoms with Crippen molar-refractivity contribution in [1.29, 1.82) is 0 Å². The van der Waals surface area contributed by atoms with Gasteiger partial charge in [0.2, 0.25) is 11.8 Å². The van der Waals surface area contributed by atoms with Crippen LogP contribution in [0.25, 0.3) is 5.65 Å². The summed E-state index contributed by atoms with van der Waals surface area (Å²) in [5.74, 6) is -0.691. The molecule has 6 rings (SSSR count). The van der Waals surface area contributed by atoms with Crippen LogP contribution in [0.4, 0.5) is 10.6 Å². The van der Waals surface area contributed by atoms with Crippen LogP contribution in [0.5, 0.6) is 0 Å². The minimum absolute atomic E-state index is 0.124. The summed E-state index contributed by atoms with van der Waals surface area (Å²) in [6.07, 6.45) is 3.63. The molecule has 9 nitrogen and oxygen atoms in total. The first-order valence-electron chi connectivity index (χ1n) is 12.4. The number of barbiturate groups is 1. The molecule has 1 saturated heterocycles. The highest BCUT2D eigenvalue weighted by Gasteiger charge is 2.64. The Bertz CT molecular complexity index is 1510. The number of aromatic nitrogens is 2. The second-order valence-corrected chi connectivity index (χ2v) is 9.87. The molecule has 3 aliphatic rings. The van der Waals surface area contributed by atoms with E-state index >= 15 is 0 Å². The molecule has 3 aliphatic heterocycles. The Kier molecular flexibility index (Phi) is 5.00. The van der Waals surface area contributed by atoms with E-state index in [-0.39, 0.29) is 18.5 Å². The summed E-state index contributed by atoms with van der Waals surface area (Å²) in [5, 5.41) is 2.46. The molecule has 0 unspecified atom stereocenters. The molecule has 5 heterocycles. The molecular formula is C27H27N5O4. The van der Waals surface area contributed by atoms with Gasteiger partial charge >= 0.3 is 6.03 Å². The molecule has 36 heavy (non-hydrogen) atoms. The maximum atomic E-state index is 14.2. The lowest BCUT2D eigenvalue weighted by atomic mass is 9.65. The van der Waals surface area contributed by atoms with Crippen molar-refractivity contribution in [2.75, 3.05) is 18.0 Å². The van der Waals surface area contributed by atoms with Crippen LogP contribution in [0.15, 0.2) is 47.4 Å². The number of benzene rings is 1. The zero-order chi connectivity index (χ0) is 25.2. The van der Waals surface area contributed by atoms with E-state index in [2.05, 4.69) is 5.32 Å². The number of unbranched alkanes of at least 4 members (excludes halogenated alkanes) is 1. The Morgan fingerprint density at radius 3 is 2.72 bits per heavy atom. The second kappa shape index (κ2) is 8.01. The Morgan fingerprint density at radius 1 is 1.11 bits per heavy atom. The van der Waals surface area contributed by atoms with Gasteiger partial charge < -0.3 is 4.90 Å². The van der Waals surface area contributed by atoms with Crippen molar-refractivity contribution in [2.24, 2.45) is 5.41 Å². The lowest BCUT2D eigenvalue weighted by Crippen LogP contribution is -2.70. The van der Waals surface area contributed by atoms with Gasteiger partial charge in [0.05, 0.1) is 11.6 Å². The van der Waals surface area contributed by atoms with Crippen LogP contribution in [0.1, 0.15) is 48.1 Å². The standard InChI is InChI=1S/C27H27N5O4/c1-3-4-12-32-25(35)27(24(34)29-26(32)36)15-19-22(28-21-16(2)8-7-13-31(21)23(19)33)30-14-11-17-9-5-6-10-18(17)20(27)30/h5-10,13,20H,3-4,11-12,14-15H2,1-2H3,(H,29,34,36)/t20-,27-/m1/s1. The smallest absolute Gasteiger partial charge is 0.330 e. The molecule has 2 aromatic heterocycles. The van der Waals surface area contributed by atoms with Crippen molar-refractivity contribution in [3.63, 3.8) is 0 Å². The molecule has 9 heteroatoms. The average molecular weight is 486 g/mol. The monoisotopic (exact) mass is 485 g/mol. The first-order chi connectivity index (χ1) is 17.4. The molecule has 3 aromatic rings. The van der Waals surface area contributed by atoms with Gasteiger partial charge in [-0.2, -0.15) is 0 Å². The predicted molar refractivity (Wildman–Crippen MR) is 133 cm³/mol. The topological polar surface area (TPSA) is 104 Å². The van der Waals surface area contributed by atoms with Crippen LogP contribution in [-0.4, -0.2) is 45.2 Å². The second-order valence-electron chi connectivity index (χ2n) is 9.87. The van der Waals surface area contributed by atoms with E-state index < -0.39 is 29.3 Å². The highest BCUT2D eigenvalue weighted by molar-refractivity contribution is 6.20. The largest absolute Gasteiger partial charge is 0.347 e. The zero-order valence-electron chi connectivity index (χ0n) is 20.3. The fourth-order valence-electron chi connectivity index (χ4n) is 6.04. The Morgan fingerprint density at radius 2 is 1.92 bits per heavy atom. The van der Waals surface area contributed by atoms with Gasteiger partial charge in [-0.05, 0) is 42.5 Å². The minimum Gasteiger partial charge on any atom is -0.347 e. The van der Waals surface area contributed by atoms with E-state index in [9.17, 15) is 19.2 Å². The third kappa shape index (κ3) is 2.91. The summed E-state index contributed by atoms with van der Waals surface area (Å²) in [6.45, 7) is 4.58. The summed E-state index contributed by atoms with van der Waals surface area (Å²) >= 11 is 0. The van der Waals surface area contributed by atoms with Crippen LogP contribution in [0, 0.1) is 12.3 Å². The zero-order valence-corrected chi connectivity index (χ0v) is 20.3. The predicted octanol–water partition coefficient (Wildman–Crippen LogP) is 2.53. The first kappa shape index (κ1) is 22.5. The quantitative estimate of drug-likeness (QED) is 0.572. The lowest BCUT2D eigenvalue weighted by Gasteiger charge is -2.53. The first-order valence-corrected chi connectivity index (χ1v) is 12.4. The molecule has 1 aromatic carbocycles. The number of nitrogens with zero attached hydrogens (tertiary/aromatic N) is 4. The molecule has 0 aliphatic carbocycles. The van der Waals surface area contributed by atoms with E-state index in [1.165, 1.54) is 4.40 Å². The number of nitrogens with one attached hydrogen (secondary N) is 1. The number of hydrogen-bond donors (Lipinski definition) is 1. The van der Waals surface area contributed by atoms with Crippen LogP contribution in [-0.2, 0) is 22.4 Å². The molecular weight excluding hydrogens is 458 g/mol. The molecule has 4 amide bonds. The van der Waals surface area contributed by atoms with Crippen molar-refractivity contribution < 1.29 is 14.4 Å². The van der Waals surface area contributed by atoms with Crippen LogP contribution >= 0.6 is 0 Å². The van der Waals surface area contributed by atoms with Crippen molar-refractivity contribution in [3.8, 4) is 0 Å². The van der Waals surface area contributed by atoms with E-state index in [1.54, 1.807) is 12.3 Å². The van der Waals surface area contributed by atoms with Crippen molar-refractivity contribution in [1.82, 2.24) is 19.6 Å². The van der Waals surface area contributed by atoms with Crippen LogP contribution < -0.4 is 15.8 Å². The molecule has 0 saturated carbocycles. The van der Waals surface area contributed by atoms with Gasteiger partial charge in [-0.25, -0.2) is 9.78 Å². The van der Waals surface area contributed by atoms with E-state index in [0.29, 0.717) is 36.4 Å². The third-order valence-corrected chi connectivity index (χ3v) is 7.83. The number of carbonyl (C=O) groups is 3. The number of rotatable bonds is 3. The molecule has 1 fully saturated rings. The highest BCUT2D eigenvalue weighted by atomic mass is 16.2. The van der Waals surface area contributed by atoms with Crippen molar-refractivity contribution in [3.05, 3.63) is 75.2 Å². The van der Waals surface area contributed by atoms with Gasteiger partial charge in [0, 0.05) is 25.7 Å². The van der Waals surface area contributed by atoms with E-state index in [0.717, 1.165) is 28.0 Å². The maximum Gasteiger partial charge on any atom is 0.330 e. The Balaban J connectivity index is 1.64. The molecule has 0 radical (unpaired) electrons. The number of anilines is 1. The minimum atomic E-state index is -1.66. The fraction of sp³-hybridized carbons (Fsp3) is 0.370. The molecule has 1 spiro atoms. The summed E-state index contributed by atoms with van der Waals surface area (Å²) < 4.78 is 1.48. The molecule has 2 atom stereocenters. The number of hydrogen-bond acceptors (Lipinski definition) is 6. The Labute approximate surface area is 207 Å². The van der Waals surface area contributed by atoms with Gasteiger partial charge in [0.1, 0.15) is 11.5 Å². The number of carbonyl (C=O) groups excluding carboxylic acids is 3. The average Bonchev–Trinajstić information content (AvgIpc) is 2.88. The fourth-order valence-corrected chi connectivity index (χ4v) is 6.04. The van der Waals surface area contributed by atoms with Gasteiger partial charge in [-0.1, -0.05) is 43.7 Å². The third-order valence-electron chi connectivity index (χ3n) is 7.83.